The summed E-state index contributed by atoms with van der Waals surface area (Å²) in [6, 6.07) is 9.70. The zero-order chi connectivity index (χ0) is 19.6. The van der Waals surface area contributed by atoms with Crippen LogP contribution in [0.2, 0.25) is 5.02 Å². The lowest BCUT2D eigenvalue weighted by molar-refractivity contribution is 0.300. The Labute approximate surface area is 158 Å². The van der Waals surface area contributed by atoms with Gasteiger partial charge >= 0.3 is 0 Å². The van der Waals surface area contributed by atoms with Crippen LogP contribution in [-0.2, 0) is 6.61 Å². The third-order valence-corrected chi connectivity index (χ3v) is 3.90. The molecule has 136 valence electrons. The highest BCUT2D eigenvalue weighted by Crippen LogP contribution is 2.35. The van der Waals surface area contributed by atoms with Crippen LogP contribution in [0.1, 0.15) is 11.1 Å². The molecule has 3 aromatic rings. The van der Waals surface area contributed by atoms with Gasteiger partial charge in [0.05, 0.1) is 5.69 Å². The van der Waals surface area contributed by atoms with Crippen molar-refractivity contribution in [2.45, 2.75) is 6.61 Å². The Morgan fingerprint density at radius 3 is 2.59 bits per heavy atom. The second-order valence-electron chi connectivity index (χ2n) is 5.47. The first-order valence-corrected chi connectivity index (χ1v) is 7.96. The fraction of sp³-hybridized carbons (Fsp3) is 0.0556. The largest absolute Gasteiger partial charge is 0.488 e. The summed E-state index contributed by atoms with van der Waals surface area (Å²) in [5.74, 6) is -1.38. The Balaban J connectivity index is 2.03. The fourth-order valence-electron chi connectivity index (χ4n) is 2.41. The number of nitrogen functional groups attached to an aromatic ring is 2. The number of nitriles is 1. The van der Waals surface area contributed by atoms with Crippen molar-refractivity contribution >= 4 is 23.4 Å². The van der Waals surface area contributed by atoms with E-state index in [0.29, 0.717) is 10.6 Å². The molecule has 4 N–H and O–H groups in total. The molecular weight excluding hydrogens is 376 g/mol. The summed E-state index contributed by atoms with van der Waals surface area (Å²) in [6.45, 7) is -0.182. The number of benzene rings is 2. The van der Waals surface area contributed by atoms with Crippen LogP contribution in [0.5, 0.6) is 5.75 Å². The highest BCUT2D eigenvalue weighted by molar-refractivity contribution is 6.31. The number of hydrogen-bond acceptors (Lipinski definition) is 6. The number of rotatable bonds is 4. The molecule has 0 atom stereocenters. The molecule has 0 aliphatic rings. The van der Waals surface area contributed by atoms with Crippen molar-refractivity contribution in [2.24, 2.45) is 0 Å². The lowest BCUT2D eigenvalue weighted by Gasteiger charge is -2.14. The van der Waals surface area contributed by atoms with Gasteiger partial charge in [-0.15, -0.1) is 0 Å². The minimum Gasteiger partial charge on any atom is -0.488 e. The highest BCUT2D eigenvalue weighted by atomic mass is 35.5. The van der Waals surface area contributed by atoms with Crippen molar-refractivity contribution in [3.8, 4) is 23.1 Å². The molecular formula is C18H12ClF2N5O. The van der Waals surface area contributed by atoms with E-state index in [2.05, 4.69) is 9.97 Å². The first-order chi connectivity index (χ1) is 12.9. The van der Waals surface area contributed by atoms with E-state index < -0.39 is 11.6 Å². The molecule has 0 radical (unpaired) electrons. The van der Waals surface area contributed by atoms with Crippen molar-refractivity contribution in [3.05, 3.63) is 64.2 Å². The molecule has 0 aliphatic carbocycles. The van der Waals surface area contributed by atoms with Crippen molar-refractivity contribution < 1.29 is 13.5 Å². The summed E-state index contributed by atoms with van der Waals surface area (Å²) in [4.78, 5) is 7.82. The van der Waals surface area contributed by atoms with E-state index in [1.165, 1.54) is 18.2 Å². The van der Waals surface area contributed by atoms with Crippen molar-refractivity contribution in [3.63, 3.8) is 0 Å². The standard InChI is InChI=1S/C18H12ClF2N5O/c19-10-2-4-15(27-8-9-1-3-11(20)6-14(9)21)12(5-10)16-13(7-22)17(23)26-18(24)25-16/h1-6H,8H2,(H4,23,24,25,26). The molecule has 0 bridgehead atoms. The smallest absolute Gasteiger partial charge is 0.222 e. The van der Waals surface area contributed by atoms with Gasteiger partial charge in [-0.05, 0) is 30.3 Å². The van der Waals surface area contributed by atoms with Crippen molar-refractivity contribution in [1.82, 2.24) is 9.97 Å². The minimum absolute atomic E-state index is 0.00396. The van der Waals surface area contributed by atoms with Crippen LogP contribution in [-0.4, -0.2) is 9.97 Å². The van der Waals surface area contributed by atoms with E-state index >= 15 is 0 Å². The predicted molar refractivity (Wildman–Crippen MR) is 96.7 cm³/mol. The topological polar surface area (TPSA) is 111 Å². The SMILES string of the molecule is N#Cc1c(N)nc(N)nc1-c1cc(Cl)ccc1OCc1ccc(F)cc1F. The van der Waals surface area contributed by atoms with Crippen LogP contribution in [0.25, 0.3) is 11.3 Å². The fourth-order valence-corrected chi connectivity index (χ4v) is 2.58. The van der Waals surface area contributed by atoms with Crippen LogP contribution in [0.15, 0.2) is 36.4 Å². The Hall–Kier alpha value is -3.44. The number of anilines is 2. The molecule has 2 aromatic carbocycles. The summed E-state index contributed by atoms with van der Waals surface area (Å²) < 4.78 is 32.5. The normalized spacial score (nSPS) is 10.4. The van der Waals surface area contributed by atoms with E-state index in [4.69, 9.17) is 27.8 Å². The molecule has 0 fully saturated rings. The van der Waals surface area contributed by atoms with Crippen LogP contribution in [0, 0.1) is 23.0 Å². The Morgan fingerprint density at radius 2 is 1.89 bits per heavy atom. The number of ether oxygens (including phenoxy) is 1. The number of hydrogen-bond donors (Lipinski definition) is 2. The Bertz CT molecular complexity index is 1070. The van der Waals surface area contributed by atoms with Crippen molar-refractivity contribution in [1.29, 1.82) is 5.26 Å². The monoisotopic (exact) mass is 387 g/mol. The predicted octanol–water partition coefficient (Wildman–Crippen LogP) is 3.69. The molecule has 1 heterocycles. The maximum atomic E-state index is 13.8. The average molecular weight is 388 g/mol. The highest BCUT2D eigenvalue weighted by Gasteiger charge is 2.18. The number of aromatic nitrogens is 2. The summed E-state index contributed by atoms with van der Waals surface area (Å²) in [5.41, 5.74) is 12.0. The quantitative estimate of drug-likeness (QED) is 0.706. The second-order valence-corrected chi connectivity index (χ2v) is 5.90. The van der Waals surface area contributed by atoms with Gasteiger partial charge in [0, 0.05) is 22.2 Å². The zero-order valence-electron chi connectivity index (χ0n) is 13.7. The number of nitrogens with zero attached hydrogens (tertiary/aromatic N) is 3. The van der Waals surface area contributed by atoms with Gasteiger partial charge < -0.3 is 16.2 Å². The van der Waals surface area contributed by atoms with E-state index in [-0.39, 0.29) is 40.9 Å². The Morgan fingerprint density at radius 1 is 1.11 bits per heavy atom. The van der Waals surface area contributed by atoms with Crippen LogP contribution in [0.4, 0.5) is 20.5 Å². The van der Waals surface area contributed by atoms with Crippen LogP contribution in [0.3, 0.4) is 0 Å². The maximum Gasteiger partial charge on any atom is 0.222 e. The molecule has 9 heteroatoms. The third-order valence-electron chi connectivity index (χ3n) is 3.66. The molecule has 1 aromatic heterocycles. The molecule has 0 saturated carbocycles. The lowest BCUT2D eigenvalue weighted by Crippen LogP contribution is -2.06. The van der Waals surface area contributed by atoms with Gasteiger partial charge in [0.25, 0.3) is 0 Å². The molecule has 0 spiro atoms. The summed E-state index contributed by atoms with van der Waals surface area (Å²) in [6.07, 6.45) is 0. The molecule has 0 saturated heterocycles. The van der Waals surface area contributed by atoms with Crippen molar-refractivity contribution in [2.75, 3.05) is 11.5 Å². The molecule has 0 unspecified atom stereocenters. The number of halogens is 3. The van der Waals surface area contributed by atoms with Gasteiger partial charge in [-0.2, -0.15) is 10.2 Å². The molecule has 0 aliphatic heterocycles. The van der Waals surface area contributed by atoms with Gasteiger partial charge in [-0.25, -0.2) is 13.8 Å². The minimum atomic E-state index is -0.737. The maximum absolute atomic E-state index is 13.8. The first-order valence-electron chi connectivity index (χ1n) is 7.58. The van der Waals surface area contributed by atoms with Crippen LogP contribution < -0.4 is 16.2 Å². The van der Waals surface area contributed by atoms with E-state index in [1.54, 1.807) is 6.07 Å². The van der Waals surface area contributed by atoms with E-state index in [0.717, 1.165) is 12.1 Å². The molecule has 27 heavy (non-hydrogen) atoms. The molecule has 0 amide bonds. The Kier molecular flexibility index (Phi) is 5.05. The summed E-state index contributed by atoms with van der Waals surface area (Å²) in [7, 11) is 0. The summed E-state index contributed by atoms with van der Waals surface area (Å²) in [5, 5.41) is 9.72. The average Bonchev–Trinajstić information content (AvgIpc) is 2.61. The van der Waals surface area contributed by atoms with E-state index in [1.807, 2.05) is 6.07 Å². The van der Waals surface area contributed by atoms with Gasteiger partial charge in [-0.3, -0.25) is 0 Å². The molecule has 3 rings (SSSR count). The lowest BCUT2D eigenvalue weighted by atomic mass is 10.1. The second kappa shape index (κ2) is 7.43. The van der Waals surface area contributed by atoms with E-state index in [9.17, 15) is 14.0 Å². The first kappa shape index (κ1) is 18.4. The van der Waals surface area contributed by atoms with Gasteiger partial charge in [-0.1, -0.05) is 11.6 Å². The van der Waals surface area contributed by atoms with Crippen LogP contribution >= 0.6 is 11.6 Å². The van der Waals surface area contributed by atoms with Gasteiger partial charge in [0.15, 0.2) is 0 Å². The molecule has 6 nitrogen and oxygen atoms in total. The zero-order valence-corrected chi connectivity index (χ0v) is 14.5. The summed E-state index contributed by atoms with van der Waals surface area (Å²) >= 11 is 6.06. The van der Waals surface area contributed by atoms with Gasteiger partial charge in [0.2, 0.25) is 5.95 Å². The third kappa shape index (κ3) is 3.88. The van der Waals surface area contributed by atoms with Gasteiger partial charge in [0.1, 0.15) is 41.4 Å². The number of nitrogens with two attached hydrogens (primary N) is 2.